The standard InChI is InChI=1S/C2H6O.Na.H2O4S.H2O/c1-2-3;;1-5(2,3)4;/h3H,2H2,1H3;;(H2,1,2,3,4);1H2/q;+1;;/p-1. The van der Waals surface area contributed by atoms with E-state index >= 15 is 0 Å². The molecule has 0 radical (unpaired) electrons. The summed E-state index contributed by atoms with van der Waals surface area (Å²) < 4.78 is 31.6. The average Bonchev–Trinajstić information content (AvgIpc) is 1.27. The molecule has 0 saturated heterocycles. The maximum atomic E-state index is 8.74. The molecule has 0 fully saturated rings. The van der Waals surface area contributed by atoms with E-state index in [2.05, 4.69) is 0 Å². The topological polar surface area (TPSA) is 125 Å². The molecular formula is C2H9NaO6S. The van der Waals surface area contributed by atoms with Gasteiger partial charge in [0, 0.05) is 6.61 Å². The first kappa shape index (κ1) is 22.4. The second kappa shape index (κ2) is 12.5. The summed E-state index contributed by atoms with van der Waals surface area (Å²) in [6, 6.07) is 0. The Morgan fingerprint density at radius 1 is 1.30 bits per heavy atom. The fraction of sp³-hybridized carbons (Fsp3) is 1.00. The number of hydrogen-bond donors (Lipinski definition) is 3. The number of aliphatic hydroxyl groups excluding tert-OH is 1. The zero-order valence-corrected chi connectivity index (χ0v) is 8.54. The van der Waals surface area contributed by atoms with E-state index in [1.165, 1.54) is 0 Å². The van der Waals surface area contributed by atoms with E-state index in [9.17, 15) is 0 Å². The van der Waals surface area contributed by atoms with Crippen LogP contribution in [0.2, 0.25) is 0 Å². The predicted molar refractivity (Wildman–Crippen MR) is 28.9 cm³/mol. The van der Waals surface area contributed by atoms with Gasteiger partial charge in [0.05, 0.1) is 0 Å². The van der Waals surface area contributed by atoms with Crippen molar-refractivity contribution in [3.8, 4) is 0 Å². The van der Waals surface area contributed by atoms with E-state index in [0.29, 0.717) is 0 Å². The minimum absolute atomic E-state index is 0. The van der Waals surface area contributed by atoms with Crippen LogP contribution in [0.3, 0.4) is 0 Å². The quantitative estimate of drug-likeness (QED) is 0.261. The zero-order valence-electron chi connectivity index (χ0n) is 5.72. The van der Waals surface area contributed by atoms with Gasteiger partial charge in [0.2, 0.25) is 0 Å². The van der Waals surface area contributed by atoms with Gasteiger partial charge < -0.3 is 10.6 Å². The van der Waals surface area contributed by atoms with Crippen molar-refractivity contribution in [2.75, 3.05) is 6.61 Å². The molecule has 0 aromatic heterocycles. The van der Waals surface area contributed by atoms with Crippen molar-refractivity contribution in [1.29, 1.82) is 0 Å². The molecular weight excluding hydrogens is 175 g/mol. The van der Waals surface area contributed by atoms with E-state index in [-0.39, 0.29) is 41.6 Å². The third-order valence-electron chi connectivity index (χ3n) is 0. The molecule has 0 unspecified atom stereocenters. The minimum Gasteiger partial charge on any atom is -0.870 e. The number of rotatable bonds is 0. The Kier molecular flexibility index (Phi) is 28.0. The van der Waals surface area contributed by atoms with Crippen LogP contribution in [0, 0.1) is 0 Å². The van der Waals surface area contributed by atoms with Crippen molar-refractivity contribution in [1.82, 2.24) is 0 Å². The zero-order chi connectivity index (χ0) is 7.21. The summed E-state index contributed by atoms with van der Waals surface area (Å²) in [5, 5.41) is 7.57. The molecule has 0 amide bonds. The van der Waals surface area contributed by atoms with Crippen molar-refractivity contribution < 1.29 is 57.7 Å². The molecule has 0 atom stereocenters. The molecule has 0 rings (SSSR count). The fourth-order valence-corrected chi connectivity index (χ4v) is 0. The van der Waals surface area contributed by atoms with Crippen molar-refractivity contribution >= 4 is 10.4 Å². The van der Waals surface area contributed by atoms with Crippen molar-refractivity contribution in [3.05, 3.63) is 0 Å². The van der Waals surface area contributed by atoms with Crippen molar-refractivity contribution in [3.63, 3.8) is 0 Å². The maximum absolute atomic E-state index is 8.74. The van der Waals surface area contributed by atoms with Gasteiger partial charge in [-0.15, -0.1) is 0 Å². The first-order chi connectivity index (χ1) is 3.41. The van der Waals surface area contributed by atoms with Crippen LogP contribution in [0.4, 0.5) is 0 Å². The van der Waals surface area contributed by atoms with Gasteiger partial charge in [0.25, 0.3) is 0 Å². The van der Waals surface area contributed by atoms with Crippen LogP contribution in [0.1, 0.15) is 6.92 Å². The Balaban J connectivity index is -0.0000000326. The minimum atomic E-state index is -4.67. The van der Waals surface area contributed by atoms with Crippen molar-refractivity contribution in [2.24, 2.45) is 0 Å². The Morgan fingerprint density at radius 3 is 1.30 bits per heavy atom. The number of hydrogen-bond acceptors (Lipinski definition) is 4. The van der Waals surface area contributed by atoms with E-state index in [0.717, 1.165) is 0 Å². The summed E-state index contributed by atoms with van der Waals surface area (Å²) >= 11 is 0. The van der Waals surface area contributed by atoms with Gasteiger partial charge in [-0.05, 0) is 6.92 Å². The largest absolute Gasteiger partial charge is 1.00 e. The van der Waals surface area contributed by atoms with E-state index in [4.69, 9.17) is 22.6 Å². The van der Waals surface area contributed by atoms with Crippen LogP contribution in [-0.4, -0.2) is 34.7 Å². The summed E-state index contributed by atoms with van der Waals surface area (Å²) in [5.41, 5.74) is 0. The summed E-state index contributed by atoms with van der Waals surface area (Å²) in [4.78, 5) is 0. The average molecular weight is 184 g/mol. The predicted octanol–water partition coefficient (Wildman–Crippen LogP) is -3.83. The van der Waals surface area contributed by atoms with E-state index in [1.54, 1.807) is 6.92 Å². The molecule has 10 heavy (non-hydrogen) atoms. The molecule has 0 aliphatic rings. The van der Waals surface area contributed by atoms with Gasteiger partial charge in [0.15, 0.2) is 0 Å². The van der Waals surface area contributed by atoms with Crippen LogP contribution in [0.25, 0.3) is 0 Å². The van der Waals surface area contributed by atoms with Gasteiger partial charge in [-0.3, -0.25) is 9.11 Å². The summed E-state index contributed by atoms with van der Waals surface area (Å²) in [6.45, 7) is 1.93. The molecule has 60 valence electrons. The third kappa shape index (κ3) is 855. The third-order valence-corrected chi connectivity index (χ3v) is 0. The van der Waals surface area contributed by atoms with Gasteiger partial charge >= 0.3 is 40.0 Å². The SMILES string of the molecule is CCO.O=S(=O)(O)O.[Na+].[OH-]. The molecule has 0 aliphatic heterocycles. The van der Waals surface area contributed by atoms with Crippen LogP contribution in [0.5, 0.6) is 0 Å². The van der Waals surface area contributed by atoms with Crippen LogP contribution in [-0.2, 0) is 10.4 Å². The Bertz CT molecular complexity index is 110. The Hall–Kier alpha value is 0.790. The second-order valence-electron chi connectivity index (χ2n) is 0.764. The Labute approximate surface area is 81.4 Å². The smallest absolute Gasteiger partial charge is 0.870 e. The van der Waals surface area contributed by atoms with Gasteiger partial charge in [-0.25, -0.2) is 0 Å². The summed E-state index contributed by atoms with van der Waals surface area (Å²) in [6.07, 6.45) is 0. The van der Waals surface area contributed by atoms with E-state index < -0.39 is 10.4 Å². The van der Waals surface area contributed by atoms with Gasteiger partial charge in [-0.2, -0.15) is 8.42 Å². The molecule has 0 saturated carbocycles. The van der Waals surface area contributed by atoms with Crippen molar-refractivity contribution in [2.45, 2.75) is 6.92 Å². The van der Waals surface area contributed by atoms with Gasteiger partial charge in [0.1, 0.15) is 0 Å². The molecule has 0 aromatic carbocycles. The van der Waals surface area contributed by atoms with Crippen LogP contribution >= 0.6 is 0 Å². The van der Waals surface area contributed by atoms with E-state index in [1.807, 2.05) is 0 Å². The molecule has 0 spiro atoms. The molecule has 0 heterocycles. The first-order valence-corrected chi connectivity index (χ1v) is 3.12. The molecule has 4 N–H and O–H groups in total. The second-order valence-corrected chi connectivity index (χ2v) is 1.66. The summed E-state index contributed by atoms with van der Waals surface area (Å²) in [5.74, 6) is 0. The Morgan fingerprint density at radius 2 is 1.30 bits per heavy atom. The maximum Gasteiger partial charge on any atom is 1.00 e. The molecule has 0 bridgehead atoms. The molecule has 6 nitrogen and oxygen atoms in total. The summed E-state index contributed by atoms with van der Waals surface area (Å²) in [7, 11) is -4.67. The molecule has 0 aliphatic carbocycles. The first-order valence-electron chi connectivity index (χ1n) is 1.72. The van der Waals surface area contributed by atoms with Gasteiger partial charge in [-0.1, -0.05) is 0 Å². The number of aliphatic hydroxyl groups is 1. The van der Waals surface area contributed by atoms with Crippen LogP contribution in [0.15, 0.2) is 0 Å². The molecule has 0 aromatic rings. The monoisotopic (exact) mass is 184 g/mol. The normalized spacial score (nSPS) is 7.60. The van der Waals surface area contributed by atoms with Crippen LogP contribution < -0.4 is 29.6 Å². The fourth-order valence-electron chi connectivity index (χ4n) is 0. The molecule has 8 heteroatoms.